The van der Waals surface area contributed by atoms with Gasteiger partial charge < -0.3 is 14.7 Å². The number of pyridine rings is 1. The fourth-order valence-electron chi connectivity index (χ4n) is 2.94. The van der Waals surface area contributed by atoms with Gasteiger partial charge >= 0.3 is 12.1 Å². The molecule has 1 aliphatic heterocycles. The third-order valence-electron chi connectivity index (χ3n) is 4.07. The van der Waals surface area contributed by atoms with Crippen LogP contribution in [0.1, 0.15) is 48.1 Å². The number of fused-ring (bicyclic) bond motifs is 1. The maximum absolute atomic E-state index is 12.3. The smallest absolute Gasteiger partial charge is 0.410 e. The van der Waals surface area contributed by atoms with E-state index in [1.807, 2.05) is 12.1 Å². The molecule has 0 aromatic carbocycles. The molecule has 0 unspecified atom stereocenters. The summed E-state index contributed by atoms with van der Waals surface area (Å²) in [5.74, 6) is -1.10. The zero-order valence-electron chi connectivity index (χ0n) is 15.1. The van der Waals surface area contributed by atoms with Crippen molar-refractivity contribution in [1.82, 2.24) is 19.7 Å². The average molecular weight is 358 g/mol. The molecule has 1 amide bonds. The molecule has 3 rings (SSSR count). The molecule has 26 heavy (non-hydrogen) atoms. The molecule has 0 atom stereocenters. The van der Waals surface area contributed by atoms with E-state index >= 15 is 0 Å². The van der Waals surface area contributed by atoms with Crippen LogP contribution in [0.2, 0.25) is 0 Å². The van der Waals surface area contributed by atoms with E-state index < -0.39 is 17.7 Å². The Morgan fingerprint density at radius 1 is 1.27 bits per heavy atom. The lowest BCUT2D eigenvalue weighted by Gasteiger charge is -2.30. The van der Waals surface area contributed by atoms with Crippen molar-refractivity contribution in [2.75, 3.05) is 6.54 Å². The molecule has 0 bridgehead atoms. The van der Waals surface area contributed by atoms with E-state index in [2.05, 4.69) is 10.1 Å². The first kappa shape index (κ1) is 17.9. The molecule has 0 spiro atoms. The Labute approximate surface area is 151 Å². The third kappa shape index (κ3) is 3.84. The summed E-state index contributed by atoms with van der Waals surface area (Å²) in [6, 6.07) is 3.73. The topological polar surface area (TPSA) is 97.5 Å². The highest BCUT2D eigenvalue weighted by atomic mass is 16.6. The van der Waals surface area contributed by atoms with Gasteiger partial charge in [-0.05, 0) is 38.5 Å². The van der Waals surface area contributed by atoms with Crippen LogP contribution >= 0.6 is 0 Å². The molecule has 8 heteroatoms. The van der Waals surface area contributed by atoms with Crippen LogP contribution in [0.3, 0.4) is 0 Å². The summed E-state index contributed by atoms with van der Waals surface area (Å²) in [6.07, 6.45) is 3.46. The molecule has 8 nitrogen and oxygen atoms in total. The fourth-order valence-corrected chi connectivity index (χ4v) is 2.94. The highest BCUT2D eigenvalue weighted by Crippen LogP contribution is 2.25. The zero-order chi connectivity index (χ0) is 18.9. The Bertz CT molecular complexity index is 824. The van der Waals surface area contributed by atoms with Gasteiger partial charge in [-0.3, -0.25) is 9.67 Å². The quantitative estimate of drug-likeness (QED) is 0.904. The molecule has 0 saturated heterocycles. The van der Waals surface area contributed by atoms with Crippen LogP contribution < -0.4 is 0 Å². The first-order valence-electron chi connectivity index (χ1n) is 8.43. The summed E-state index contributed by atoms with van der Waals surface area (Å²) >= 11 is 0. The number of ether oxygens (including phenoxy) is 1. The molecule has 3 heterocycles. The summed E-state index contributed by atoms with van der Waals surface area (Å²) in [5, 5.41) is 13.8. The van der Waals surface area contributed by atoms with Crippen LogP contribution in [0.25, 0.3) is 0 Å². The van der Waals surface area contributed by atoms with Crippen molar-refractivity contribution in [2.24, 2.45) is 0 Å². The Hall–Kier alpha value is -2.90. The molecule has 0 aliphatic carbocycles. The Kier molecular flexibility index (Phi) is 4.67. The number of hydrogen-bond donors (Lipinski definition) is 1. The lowest BCUT2D eigenvalue weighted by molar-refractivity contribution is 0.0220. The Morgan fingerprint density at radius 3 is 2.58 bits per heavy atom. The summed E-state index contributed by atoms with van der Waals surface area (Å²) in [5.41, 5.74) is 1.79. The molecule has 0 saturated carbocycles. The van der Waals surface area contributed by atoms with Crippen LogP contribution in [0.15, 0.2) is 24.5 Å². The van der Waals surface area contributed by atoms with Gasteiger partial charge in [0.05, 0.1) is 13.1 Å². The van der Waals surface area contributed by atoms with E-state index in [1.54, 1.807) is 37.8 Å². The van der Waals surface area contributed by atoms with E-state index in [0.717, 1.165) is 11.3 Å². The second-order valence-electron chi connectivity index (χ2n) is 7.24. The first-order chi connectivity index (χ1) is 12.2. The maximum Gasteiger partial charge on any atom is 0.410 e. The number of carboxylic acid groups (broad SMARTS) is 1. The van der Waals surface area contributed by atoms with Crippen molar-refractivity contribution in [3.05, 3.63) is 47.0 Å². The first-order valence-corrected chi connectivity index (χ1v) is 8.43. The molecule has 1 N–H and O–H groups in total. The number of carbonyl (C=O) groups is 2. The van der Waals surface area contributed by atoms with Gasteiger partial charge in [-0.15, -0.1) is 0 Å². The summed E-state index contributed by atoms with van der Waals surface area (Å²) in [4.78, 5) is 29.5. The molecule has 0 fully saturated rings. The van der Waals surface area contributed by atoms with Gasteiger partial charge in [0.25, 0.3) is 0 Å². The van der Waals surface area contributed by atoms with Gasteiger partial charge in [0.15, 0.2) is 5.69 Å². The summed E-state index contributed by atoms with van der Waals surface area (Å²) < 4.78 is 7.11. The van der Waals surface area contributed by atoms with Gasteiger partial charge in [-0.1, -0.05) is 0 Å². The minimum atomic E-state index is -1.10. The van der Waals surface area contributed by atoms with Crippen LogP contribution in [-0.4, -0.2) is 49.0 Å². The molecule has 2 aromatic rings. The van der Waals surface area contributed by atoms with E-state index in [-0.39, 0.29) is 12.2 Å². The second kappa shape index (κ2) is 6.78. The molecule has 138 valence electrons. The minimum absolute atomic E-state index is 0.0117. The SMILES string of the molecule is CC(C)(C)OC(=O)N1CCc2c(c(C(=O)O)nn2Cc2ccncc2)C1. The maximum atomic E-state index is 12.3. The zero-order valence-corrected chi connectivity index (χ0v) is 15.1. The largest absolute Gasteiger partial charge is 0.476 e. The minimum Gasteiger partial charge on any atom is -0.476 e. The van der Waals surface area contributed by atoms with Crippen LogP contribution in [0.5, 0.6) is 0 Å². The third-order valence-corrected chi connectivity index (χ3v) is 4.07. The van der Waals surface area contributed by atoms with Crippen molar-refractivity contribution < 1.29 is 19.4 Å². The van der Waals surface area contributed by atoms with Gasteiger partial charge in [0.2, 0.25) is 0 Å². The molecular weight excluding hydrogens is 336 g/mol. The van der Waals surface area contributed by atoms with Crippen molar-refractivity contribution >= 4 is 12.1 Å². The normalized spacial score (nSPS) is 14.0. The van der Waals surface area contributed by atoms with E-state index in [0.29, 0.717) is 25.1 Å². The summed E-state index contributed by atoms with van der Waals surface area (Å²) in [6.45, 7) is 6.51. The van der Waals surface area contributed by atoms with E-state index in [9.17, 15) is 14.7 Å². The van der Waals surface area contributed by atoms with Crippen molar-refractivity contribution in [2.45, 2.75) is 45.9 Å². The number of amides is 1. The van der Waals surface area contributed by atoms with Gasteiger partial charge in [-0.25, -0.2) is 9.59 Å². The summed E-state index contributed by atoms with van der Waals surface area (Å²) in [7, 11) is 0. The van der Waals surface area contributed by atoms with E-state index in [4.69, 9.17) is 4.74 Å². The number of nitrogens with zero attached hydrogens (tertiary/aromatic N) is 4. The second-order valence-corrected chi connectivity index (χ2v) is 7.24. The lowest BCUT2D eigenvalue weighted by Crippen LogP contribution is -2.40. The van der Waals surface area contributed by atoms with Gasteiger partial charge in [0, 0.05) is 36.6 Å². The Morgan fingerprint density at radius 2 is 1.96 bits per heavy atom. The number of carbonyl (C=O) groups excluding carboxylic acids is 1. The number of hydrogen-bond acceptors (Lipinski definition) is 5. The highest BCUT2D eigenvalue weighted by molar-refractivity contribution is 5.87. The monoisotopic (exact) mass is 358 g/mol. The fraction of sp³-hybridized carbons (Fsp3) is 0.444. The van der Waals surface area contributed by atoms with Crippen molar-refractivity contribution in [3.63, 3.8) is 0 Å². The molecular formula is C18H22N4O4. The average Bonchev–Trinajstić information content (AvgIpc) is 2.92. The number of carboxylic acids is 1. The van der Waals surface area contributed by atoms with Gasteiger partial charge in [-0.2, -0.15) is 5.10 Å². The Balaban J connectivity index is 1.87. The van der Waals surface area contributed by atoms with Crippen LogP contribution in [0, 0.1) is 0 Å². The number of aromatic carboxylic acids is 1. The molecule has 0 radical (unpaired) electrons. The van der Waals surface area contributed by atoms with Gasteiger partial charge in [0.1, 0.15) is 5.60 Å². The lowest BCUT2D eigenvalue weighted by atomic mass is 10.1. The predicted molar refractivity (Wildman–Crippen MR) is 92.9 cm³/mol. The standard InChI is InChI=1S/C18H22N4O4/c1-18(2,3)26-17(25)21-9-6-14-13(11-21)15(16(23)24)20-22(14)10-12-4-7-19-8-5-12/h4-5,7-8H,6,9-11H2,1-3H3,(H,23,24). The molecule has 1 aliphatic rings. The van der Waals surface area contributed by atoms with Crippen LogP contribution in [0.4, 0.5) is 4.79 Å². The van der Waals surface area contributed by atoms with Crippen LogP contribution in [-0.2, 0) is 24.2 Å². The number of aromatic nitrogens is 3. The van der Waals surface area contributed by atoms with Crippen molar-refractivity contribution in [3.8, 4) is 0 Å². The molecule has 2 aromatic heterocycles. The highest BCUT2D eigenvalue weighted by Gasteiger charge is 2.32. The predicted octanol–water partition coefficient (Wildman–Crippen LogP) is 2.32. The van der Waals surface area contributed by atoms with Crippen molar-refractivity contribution in [1.29, 1.82) is 0 Å². The van der Waals surface area contributed by atoms with E-state index in [1.165, 1.54) is 4.90 Å². The number of rotatable bonds is 3.